The molecule has 3 aliphatic rings. The predicted octanol–water partition coefficient (Wildman–Crippen LogP) is 1.62. The zero-order valence-corrected chi connectivity index (χ0v) is 17.1. The highest BCUT2D eigenvalue weighted by Crippen LogP contribution is 2.42. The first-order chi connectivity index (χ1) is 13.0. The Morgan fingerprint density at radius 1 is 1.37 bits per heavy atom. The van der Waals surface area contributed by atoms with Crippen LogP contribution in [-0.2, 0) is 14.3 Å². The molecule has 0 bridgehead atoms. The van der Waals surface area contributed by atoms with Crippen molar-refractivity contribution in [1.29, 1.82) is 0 Å². The molecular formula is C20H34N4O3. The molecule has 7 heteroatoms. The molecule has 2 saturated carbocycles. The Balaban J connectivity index is 0.00000126. The lowest BCUT2D eigenvalue weighted by Crippen LogP contribution is -2.56. The molecule has 2 aliphatic carbocycles. The molecule has 1 heterocycles. The molecule has 0 aromatic heterocycles. The van der Waals surface area contributed by atoms with Gasteiger partial charge in [0.2, 0.25) is 5.91 Å². The molecule has 1 unspecified atom stereocenters. The molecule has 3 fully saturated rings. The number of amides is 1. The Kier molecular flexibility index (Phi) is 7.41. The third-order valence-corrected chi connectivity index (χ3v) is 5.48. The smallest absolute Gasteiger partial charge is 0.354 e. The minimum absolute atomic E-state index is 0.0289. The van der Waals surface area contributed by atoms with Crippen LogP contribution in [0.5, 0.6) is 0 Å². The van der Waals surface area contributed by atoms with Gasteiger partial charge in [0.1, 0.15) is 12.2 Å². The molecule has 1 amide bonds. The van der Waals surface area contributed by atoms with Crippen LogP contribution in [0.2, 0.25) is 0 Å². The molecule has 1 spiro atoms. The highest BCUT2D eigenvalue weighted by molar-refractivity contribution is 6.08. The van der Waals surface area contributed by atoms with Crippen molar-refractivity contribution in [1.82, 2.24) is 10.2 Å². The number of rotatable bonds is 4. The Labute approximate surface area is 162 Å². The van der Waals surface area contributed by atoms with Crippen molar-refractivity contribution < 1.29 is 14.3 Å². The van der Waals surface area contributed by atoms with E-state index in [1.165, 1.54) is 0 Å². The van der Waals surface area contributed by atoms with Gasteiger partial charge >= 0.3 is 5.97 Å². The van der Waals surface area contributed by atoms with Crippen LogP contribution < -0.4 is 11.1 Å². The maximum absolute atomic E-state index is 12.7. The number of hydrogen-bond acceptors (Lipinski definition) is 6. The number of nitrogens with two attached hydrogens (primary N) is 1. The fourth-order valence-corrected chi connectivity index (χ4v) is 3.89. The van der Waals surface area contributed by atoms with Crippen molar-refractivity contribution in [2.45, 2.75) is 58.9 Å². The number of carbonyl (C=O) groups excluding carboxylic acids is 2. The largest absolute Gasteiger partial charge is 0.461 e. The van der Waals surface area contributed by atoms with E-state index in [-0.39, 0.29) is 36.2 Å². The lowest BCUT2D eigenvalue weighted by atomic mass is 10.0. The lowest BCUT2D eigenvalue weighted by Gasteiger charge is -2.36. The number of ether oxygens (including phenoxy) is 1. The molecule has 7 nitrogen and oxygen atoms in total. The number of esters is 1. The molecule has 1 aliphatic heterocycles. The van der Waals surface area contributed by atoms with Crippen molar-refractivity contribution in [2.75, 3.05) is 32.8 Å². The van der Waals surface area contributed by atoms with Gasteiger partial charge in [-0.3, -0.25) is 9.79 Å². The van der Waals surface area contributed by atoms with E-state index in [1.54, 1.807) is 6.92 Å². The second-order valence-corrected chi connectivity index (χ2v) is 7.20. The first kappa shape index (κ1) is 21.4. The summed E-state index contributed by atoms with van der Waals surface area (Å²) in [4.78, 5) is 31.2. The first-order valence-electron chi connectivity index (χ1n) is 10.2. The summed E-state index contributed by atoms with van der Waals surface area (Å²) in [6.07, 6.45) is 3.78. The molecule has 3 N–H and O–H groups in total. The highest BCUT2D eigenvalue weighted by Gasteiger charge is 2.50. The van der Waals surface area contributed by atoms with Gasteiger partial charge in [0.25, 0.3) is 0 Å². The number of aliphatic imine (C=N–C) groups is 1. The maximum atomic E-state index is 12.7. The van der Waals surface area contributed by atoms with Crippen molar-refractivity contribution >= 4 is 17.6 Å². The minimum atomic E-state index is -0.496. The number of nitrogens with one attached hydrogen (secondary N) is 1. The first-order valence-corrected chi connectivity index (χ1v) is 10.2. The Morgan fingerprint density at radius 3 is 2.70 bits per heavy atom. The van der Waals surface area contributed by atoms with Crippen LogP contribution in [0.4, 0.5) is 0 Å². The van der Waals surface area contributed by atoms with Crippen LogP contribution in [-0.4, -0.2) is 60.8 Å². The van der Waals surface area contributed by atoms with Crippen LogP contribution >= 0.6 is 0 Å². The van der Waals surface area contributed by atoms with E-state index >= 15 is 0 Å². The number of allylic oxidation sites excluding steroid dienone is 1. The predicted molar refractivity (Wildman–Crippen MR) is 106 cm³/mol. The summed E-state index contributed by atoms with van der Waals surface area (Å²) in [7, 11) is 0. The van der Waals surface area contributed by atoms with Crippen LogP contribution in [0.15, 0.2) is 16.3 Å². The summed E-state index contributed by atoms with van der Waals surface area (Å²) in [6, 6.07) is 0. The molecule has 1 saturated heterocycles. The van der Waals surface area contributed by atoms with Crippen molar-refractivity contribution in [3.63, 3.8) is 0 Å². The quantitative estimate of drug-likeness (QED) is 0.572. The third kappa shape index (κ3) is 4.69. The molecule has 152 valence electrons. The summed E-state index contributed by atoms with van der Waals surface area (Å²) in [5.74, 6) is -0.267. The molecule has 0 aromatic carbocycles. The monoisotopic (exact) mass is 378 g/mol. The van der Waals surface area contributed by atoms with Gasteiger partial charge in [-0.25, -0.2) is 4.79 Å². The summed E-state index contributed by atoms with van der Waals surface area (Å²) >= 11 is 0. The van der Waals surface area contributed by atoms with Gasteiger partial charge in [-0.15, -0.1) is 0 Å². The molecule has 27 heavy (non-hydrogen) atoms. The summed E-state index contributed by atoms with van der Waals surface area (Å²) < 4.78 is 5.01. The number of nitrogens with zero attached hydrogens (tertiary/aromatic N) is 2. The molecule has 3 rings (SSSR count). The fraction of sp³-hybridized carbons (Fsp3) is 0.750. The van der Waals surface area contributed by atoms with Crippen LogP contribution in [0, 0.1) is 5.92 Å². The standard InChI is InChI=1S/C18H28N4O3.C2H6/c1-3-25-17(24)16(19)15-12(2)4-5-13(15)21-10-14(23)22-9-8-20-11-18(22)6-7-18;1-2/h12,20H,3-11,19H2,1-2H3;1-2H3/b16-15-,21-13?;. The minimum Gasteiger partial charge on any atom is -0.461 e. The second-order valence-electron chi connectivity index (χ2n) is 7.20. The van der Waals surface area contributed by atoms with Crippen LogP contribution in [0.1, 0.15) is 53.4 Å². The number of piperazine rings is 1. The Morgan fingerprint density at radius 2 is 2.07 bits per heavy atom. The van der Waals surface area contributed by atoms with Crippen molar-refractivity contribution in [2.24, 2.45) is 16.6 Å². The van der Waals surface area contributed by atoms with Gasteiger partial charge in [0, 0.05) is 30.9 Å². The maximum Gasteiger partial charge on any atom is 0.354 e. The molecule has 0 aromatic rings. The van der Waals surface area contributed by atoms with E-state index < -0.39 is 5.97 Å². The van der Waals surface area contributed by atoms with E-state index in [1.807, 2.05) is 25.7 Å². The van der Waals surface area contributed by atoms with Crippen molar-refractivity contribution in [3.05, 3.63) is 11.3 Å². The zero-order chi connectivity index (χ0) is 20.0. The van der Waals surface area contributed by atoms with Gasteiger partial charge in [-0.1, -0.05) is 20.8 Å². The van der Waals surface area contributed by atoms with Gasteiger partial charge in [-0.05, 0) is 38.5 Å². The number of hydrogen-bond donors (Lipinski definition) is 2. The Hall–Kier alpha value is -1.89. The van der Waals surface area contributed by atoms with Gasteiger partial charge in [0.15, 0.2) is 0 Å². The molecule has 0 radical (unpaired) electrons. The lowest BCUT2D eigenvalue weighted by molar-refractivity contribution is -0.138. The van der Waals surface area contributed by atoms with Gasteiger partial charge in [-0.2, -0.15) is 0 Å². The van der Waals surface area contributed by atoms with Crippen LogP contribution in [0.3, 0.4) is 0 Å². The topological polar surface area (TPSA) is 97.0 Å². The average molecular weight is 379 g/mol. The van der Waals surface area contributed by atoms with Crippen LogP contribution in [0.25, 0.3) is 0 Å². The number of carbonyl (C=O) groups is 2. The van der Waals surface area contributed by atoms with E-state index in [9.17, 15) is 9.59 Å². The second kappa shape index (κ2) is 9.35. The summed E-state index contributed by atoms with van der Waals surface area (Å²) in [5, 5.41) is 3.37. The highest BCUT2D eigenvalue weighted by atomic mass is 16.5. The van der Waals surface area contributed by atoms with Gasteiger partial charge in [0.05, 0.1) is 12.1 Å². The summed E-state index contributed by atoms with van der Waals surface area (Å²) in [6.45, 7) is 10.7. The SMILES string of the molecule is CC.CCOC(=O)/C(N)=C1/C(=NCC(=O)N2CCNCC23CC3)CCC1C. The van der Waals surface area contributed by atoms with E-state index in [0.717, 1.165) is 56.6 Å². The zero-order valence-electron chi connectivity index (χ0n) is 17.1. The molecule has 1 atom stereocenters. The van der Waals surface area contributed by atoms with Gasteiger partial charge < -0.3 is 20.7 Å². The van der Waals surface area contributed by atoms with E-state index in [4.69, 9.17) is 10.5 Å². The third-order valence-electron chi connectivity index (χ3n) is 5.48. The fourth-order valence-electron chi connectivity index (χ4n) is 3.89. The average Bonchev–Trinajstić information content (AvgIpc) is 3.34. The summed E-state index contributed by atoms with van der Waals surface area (Å²) in [5.41, 5.74) is 7.72. The Bertz CT molecular complexity index is 623. The normalized spacial score (nSPS) is 26.4. The van der Waals surface area contributed by atoms with Crippen molar-refractivity contribution in [3.8, 4) is 0 Å². The van der Waals surface area contributed by atoms with E-state index in [2.05, 4.69) is 10.3 Å². The molecular weight excluding hydrogens is 344 g/mol. The van der Waals surface area contributed by atoms with E-state index in [0.29, 0.717) is 0 Å².